The molecule has 0 amide bonds. The molecule has 0 N–H and O–H groups in total. The van der Waals surface area contributed by atoms with Crippen LogP contribution in [-0.2, 0) is 4.79 Å². The molecule has 1 aromatic carbocycles. The summed E-state index contributed by atoms with van der Waals surface area (Å²) in [5.41, 5.74) is -0.439. The number of unbranched alkanes of at least 4 members (excludes halogenated alkanes) is 7. The quantitative estimate of drug-likeness (QED) is 0.280. The van der Waals surface area contributed by atoms with Gasteiger partial charge >= 0.3 is 11.6 Å². The van der Waals surface area contributed by atoms with Gasteiger partial charge in [0, 0.05) is 13.0 Å². The molecule has 6 nitrogen and oxygen atoms in total. The average molecular weight is 390 g/mol. The van der Waals surface area contributed by atoms with E-state index < -0.39 is 11.6 Å². The molecule has 0 aliphatic rings. The Morgan fingerprint density at radius 1 is 1.00 bits per heavy atom. The Hall–Kier alpha value is -2.50. The van der Waals surface area contributed by atoms with Gasteiger partial charge in [0.25, 0.3) is 5.75 Å². The number of hydrogen-bond donors (Lipinski definition) is 0. The lowest BCUT2D eigenvalue weighted by Gasteiger charge is -2.11. The highest BCUT2D eigenvalue weighted by Gasteiger charge is 2.19. The summed E-state index contributed by atoms with van der Waals surface area (Å²) in [5, 5.41) is 0.540. The normalized spacial score (nSPS) is 10.8. The largest absolute Gasteiger partial charge is 0.493 e. The van der Waals surface area contributed by atoms with Crippen LogP contribution in [0.25, 0.3) is 11.0 Å². The van der Waals surface area contributed by atoms with E-state index in [0.717, 1.165) is 12.8 Å². The Morgan fingerprint density at radius 2 is 1.68 bits per heavy atom. The zero-order valence-electron chi connectivity index (χ0n) is 17.0. The Balaban J connectivity index is 1.93. The fourth-order valence-electron chi connectivity index (χ4n) is 3.09. The van der Waals surface area contributed by atoms with E-state index in [4.69, 9.17) is 18.6 Å². The first kappa shape index (κ1) is 21.8. The first-order valence-electron chi connectivity index (χ1n) is 10.0. The van der Waals surface area contributed by atoms with Gasteiger partial charge in [-0.25, -0.2) is 4.79 Å². The molecule has 1 heterocycles. The van der Waals surface area contributed by atoms with Crippen molar-refractivity contribution >= 4 is 16.9 Å². The number of carbonyl (C=O) groups excluding carboxylic acids is 1. The van der Waals surface area contributed by atoms with E-state index in [2.05, 4.69) is 6.92 Å². The summed E-state index contributed by atoms with van der Waals surface area (Å²) in [6.07, 6.45) is 9.90. The number of hydrogen-bond acceptors (Lipinski definition) is 6. The number of rotatable bonds is 12. The predicted octanol–water partition coefficient (Wildman–Crippen LogP) is 5.25. The van der Waals surface area contributed by atoms with Crippen LogP contribution in [0.15, 0.2) is 27.4 Å². The minimum absolute atomic E-state index is 0.177. The van der Waals surface area contributed by atoms with Crippen LogP contribution in [0.1, 0.15) is 65.2 Å². The highest BCUT2D eigenvalue weighted by molar-refractivity contribution is 5.87. The van der Waals surface area contributed by atoms with E-state index in [9.17, 15) is 9.59 Å². The average Bonchev–Trinajstić information content (AvgIpc) is 2.67. The molecule has 0 aliphatic carbocycles. The Kier molecular flexibility index (Phi) is 8.85. The number of ether oxygens (including phenoxy) is 3. The zero-order valence-corrected chi connectivity index (χ0v) is 17.0. The van der Waals surface area contributed by atoms with E-state index in [1.165, 1.54) is 52.6 Å². The number of fused-ring (bicyclic) bond motifs is 1. The van der Waals surface area contributed by atoms with Crippen molar-refractivity contribution in [1.29, 1.82) is 0 Å². The van der Waals surface area contributed by atoms with Gasteiger partial charge in [0.15, 0.2) is 5.75 Å². The van der Waals surface area contributed by atoms with Crippen LogP contribution in [0.4, 0.5) is 0 Å². The van der Waals surface area contributed by atoms with E-state index in [0.29, 0.717) is 23.3 Å². The molecule has 2 rings (SSSR count). The van der Waals surface area contributed by atoms with Crippen molar-refractivity contribution < 1.29 is 23.4 Å². The van der Waals surface area contributed by atoms with Crippen molar-refractivity contribution in [3.8, 4) is 17.2 Å². The SMILES string of the molecule is CCCCCCCCCCOc1ccc2c(OC)c(OC(C)=O)c(=O)oc2c1. The Labute approximate surface area is 165 Å². The summed E-state index contributed by atoms with van der Waals surface area (Å²) in [6, 6.07) is 5.17. The molecule has 0 bridgehead atoms. The molecule has 0 saturated heterocycles. The van der Waals surface area contributed by atoms with Crippen LogP contribution >= 0.6 is 0 Å². The minimum atomic E-state index is -0.764. The lowest BCUT2D eigenvalue weighted by Crippen LogP contribution is -2.12. The molecular weight excluding hydrogens is 360 g/mol. The third-order valence-electron chi connectivity index (χ3n) is 4.51. The summed E-state index contributed by atoms with van der Waals surface area (Å²) in [7, 11) is 1.41. The van der Waals surface area contributed by atoms with E-state index in [1.54, 1.807) is 18.2 Å². The molecule has 154 valence electrons. The summed E-state index contributed by atoms with van der Waals surface area (Å²) >= 11 is 0. The second-order valence-corrected chi connectivity index (χ2v) is 6.83. The second-order valence-electron chi connectivity index (χ2n) is 6.83. The van der Waals surface area contributed by atoms with E-state index in [1.807, 2.05) is 0 Å². The summed E-state index contributed by atoms with van der Waals surface area (Å²) in [6.45, 7) is 4.06. The van der Waals surface area contributed by atoms with Gasteiger partial charge in [0.1, 0.15) is 11.3 Å². The first-order valence-corrected chi connectivity index (χ1v) is 10.0. The first-order chi connectivity index (χ1) is 13.6. The number of benzene rings is 1. The standard InChI is InChI=1S/C22H30O6/c1-4-5-6-7-8-9-10-11-14-26-17-12-13-18-19(15-17)28-22(24)21(20(18)25-3)27-16(2)23/h12-13,15H,4-11,14H2,1-3H3. The minimum Gasteiger partial charge on any atom is -0.493 e. The van der Waals surface area contributed by atoms with Crippen molar-refractivity contribution in [3.05, 3.63) is 28.6 Å². The topological polar surface area (TPSA) is 75.0 Å². The fraction of sp³-hybridized carbons (Fsp3) is 0.545. The third-order valence-corrected chi connectivity index (χ3v) is 4.51. The van der Waals surface area contributed by atoms with Crippen molar-refractivity contribution in [1.82, 2.24) is 0 Å². The van der Waals surface area contributed by atoms with Crippen LogP contribution in [-0.4, -0.2) is 19.7 Å². The van der Waals surface area contributed by atoms with Crippen molar-refractivity contribution in [3.63, 3.8) is 0 Å². The zero-order chi connectivity index (χ0) is 20.4. The molecule has 2 aromatic rings. The molecule has 0 spiro atoms. The van der Waals surface area contributed by atoms with Crippen LogP contribution in [0.2, 0.25) is 0 Å². The van der Waals surface area contributed by atoms with Gasteiger partial charge in [-0.2, -0.15) is 0 Å². The molecule has 1 aromatic heterocycles. The van der Waals surface area contributed by atoms with Crippen molar-refractivity contribution in [2.24, 2.45) is 0 Å². The number of carbonyl (C=O) groups is 1. The van der Waals surface area contributed by atoms with Gasteiger partial charge in [0.2, 0.25) is 0 Å². The van der Waals surface area contributed by atoms with Gasteiger partial charge < -0.3 is 18.6 Å². The highest BCUT2D eigenvalue weighted by atomic mass is 16.6. The molecule has 0 atom stereocenters. The molecule has 0 fully saturated rings. The van der Waals surface area contributed by atoms with Gasteiger partial charge in [0.05, 0.1) is 19.1 Å². The number of esters is 1. The monoisotopic (exact) mass is 390 g/mol. The molecule has 0 saturated carbocycles. The number of methoxy groups -OCH3 is 1. The predicted molar refractivity (Wildman–Crippen MR) is 108 cm³/mol. The van der Waals surface area contributed by atoms with Gasteiger partial charge in [-0.3, -0.25) is 4.79 Å². The maximum atomic E-state index is 12.1. The Morgan fingerprint density at radius 3 is 2.32 bits per heavy atom. The summed E-state index contributed by atoms with van der Waals surface area (Å²) < 4.78 is 21.3. The summed E-state index contributed by atoms with van der Waals surface area (Å²) in [5.74, 6) is -0.0534. The van der Waals surface area contributed by atoms with E-state index >= 15 is 0 Å². The van der Waals surface area contributed by atoms with Crippen molar-refractivity contribution in [2.75, 3.05) is 13.7 Å². The van der Waals surface area contributed by atoms with Crippen LogP contribution in [0.3, 0.4) is 0 Å². The van der Waals surface area contributed by atoms with Crippen LogP contribution in [0, 0.1) is 0 Å². The third kappa shape index (κ3) is 6.29. The van der Waals surface area contributed by atoms with Gasteiger partial charge in [-0.1, -0.05) is 51.9 Å². The second kappa shape index (κ2) is 11.4. The molecule has 6 heteroatoms. The van der Waals surface area contributed by atoms with E-state index in [-0.39, 0.29) is 11.5 Å². The highest BCUT2D eigenvalue weighted by Crippen LogP contribution is 2.34. The molecule has 0 radical (unpaired) electrons. The molecular formula is C22H30O6. The van der Waals surface area contributed by atoms with Crippen molar-refractivity contribution in [2.45, 2.75) is 65.2 Å². The lowest BCUT2D eigenvalue weighted by atomic mass is 10.1. The smallest absolute Gasteiger partial charge is 0.383 e. The van der Waals surface area contributed by atoms with Crippen LogP contribution in [0.5, 0.6) is 17.2 Å². The maximum absolute atomic E-state index is 12.1. The van der Waals surface area contributed by atoms with Gasteiger partial charge in [-0.15, -0.1) is 0 Å². The summed E-state index contributed by atoms with van der Waals surface area (Å²) in [4.78, 5) is 23.3. The maximum Gasteiger partial charge on any atom is 0.383 e. The Bertz CT molecular complexity index is 824. The molecule has 28 heavy (non-hydrogen) atoms. The fourth-order valence-corrected chi connectivity index (χ4v) is 3.09. The van der Waals surface area contributed by atoms with Gasteiger partial charge in [-0.05, 0) is 18.6 Å². The van der Waals surface area contributed by atoms with Crippen LogP contribution < -0.4 is 19.8 Å². The lowest BCUT2D eigenvalue weighted by molar-refractivity contribution is -0.132. The molecule has 0 unspecified atom stereocenters. The molecule has 0 aliphatic heterocycles.